The van der Waals surface area contributed by atoms with Crippen LogP contribution in [-0.2, 0) is 6.42 Å². The molecule has 0 radical (unpaired) electrons. The molecule has 3 aromatic carbocycles. The molecule has 0 amide bonds. The Hall–Kier alpha value is -4.36. The van der Waals surface area contributed by atoms with Crippen molar-refractivity contribution in [2.75, 3.05) is 20.8 Å². The van der Waals surface area contributed by atoms with Gasteiger partial charge in [0.2, 0.25) is 0 Å². The van der Waals surface area contributed by atoms with Crippen molar-refractivity contribution in [1.82, 2.24) is 4.57 Å². The molecule has 1 aliphatic heterocycles. The van der Waals surface area contributed by atoms with Crippen molar-refractivity contribution in [3.63, 3.8) is 0 Å². The van der Waals surface area contributed by atoms with Gasteiger partial charge >= 0.3 is 0 Å². The van der Waals surface area contributed by atoms with Gasteiger partial charge in [0.15, 0.2) is 16.3 Å². The fraction of sp³-hybridized carbons (Fsp3) is 0.188. The van der Waals surface area contributed by atoms with Gasteiger partial charge in [-0.05, 0) is 65.4 Å². The highest BCUT2D eigenvalue weighted by Gasteiger charge is 2.33. The zero-order valence-electron chi connectivity index (χ0n) is 21.8. The summed E-state index contributed by atoms with van der Waals surface area (Å²) in [5.41, 5.74) is 6.35. The molecule has 39 heavy (non-hydrogen) atoms. The summed E-state index contributed by atoms with van der Waals surface area (Å²) in [6.07, 6.45) is 5.36. The van der Waals surface area contributed by atoms with Gasteiger partial charge in [0.05, 0.1) is 30.5 Å². The number of allylic oxidation sites excluding steroid dienone is 1. The Morgan fingerprint density at radius 1 is 1.03 bits per heavy atom. The fourth-order valence-corrected chi connectivity index (χ4v) is 6.31. The second-order valence-corrected chi connectivity index (χ2v) is 10.4. The van der Waals surface area contributed by atoms with Crippen LogP contribution in [0, 0.1) is 0 Å². The smallest absolute Gasteiger partial charge is 0.271 e. The molecule has 0 bridgehead atoms. The number of ether oxygens (including phenoxy) is 3. The number of aromatic nitrogens is 1. The van der Waals surface area contributed by atoms with Gasteiger partial charge in [-0.15, -0.1) is 0 Å². The maximum atomic E-state index is 14.0. The van der Waals surface area contributed by atoms with E-state index in [1.54, 1.807) is 20.3 Å². The summed E-state index contributed by atoms with van der Waals surface area (Å²) in [6, 6.07) is 21.7. The van der Waals surface area contributed by atoms with E-state index >= 15 is 0 Å². The first kappa shape index (κ1) is 24.9. The molecule has 4 aromatic rings. The molecule has 2 heterocycles. The summed E-state index contributed by atoms with van der Waals surface area (Å²) in [5, 5.41) is 0. The SMILES string of the molecule is C=CCOc1ccc(C=c2sc3n(c2=O)C(c2ccc(OC)c(OC)c2)C2=C(N=3)c3ccccc3CC2)cc1. The fourth-order valence-electron chi connectivity index (χ4n) is 5.31. The van der Waals surface area contributed by atoms with Gasteiger partial charge in [-0.3, -0.25) is 9.36 Å². The number of fused-ring (bicyclic) bond motifs is 3. The summed E-state index contributed by atoms with van der Waals surface area (Å²) in [6.45, 7) is 4.13. The molecule has 0 fully saturated rings. The Labute approximate surface area is 230 Å². The van der Waals surface area contributed by atoms with Gasteiger partial charge in [-0.1, -0.05) is 66.5 Å². The third-order valence-corrected chi connectivity index (χ3v) is 8.12. The van der Waals surface area contributed by atoms with Crippen molar-refractivity contribution in [3.8, 4) is 17.2 Å². The average molecular weight is 537 g/mol. The summed E-state index contributed by atoms with van der Waals surface area (Å²) in [4.78, 5) is 19.8. The molecule has 1 aliphatic carbocycles. The van der Waals surface area contributed by atoms with Crippen LogP contribution in [0.25, 0.3) is 11.8 Å². The van der Waals surface area contributed by atoms with Gasteiger partial charge < -0.3 is 14.2 Å². The highest BCUT2D eigenvalue weighted by atomic mass is 32.1. The molecule has 0 spiro atoms. The molecule has 7 heteroatoms. The van der Waals surface area contributed by atoms with Crippen molar-refractivity contribution >= 4 is 23.1 Å². The maximum Gasteiger partial charge on any atom is 0.271 e. The molecular weight excluding hydrogens is 508 g/mol. The van der Waals surface area contributed by atoms with Crippen molar-refractivity contribution in [2.24, 2.45) is 4.99 Å². The van der Waals surface area contributed by atoms with Crippen LogP contribution in [0.4, 0.5) is 0 Å². The highest BCUT2D eigenvalue weighted by molar-refractivity contribution is 7.07. The van der Waals surface area contributed by atoms with E-state index in [2.05, 4.69) is 24.8 Å². The quantitative estimate of drug-likeness (QED) is 0.315. The Bertz CT molecular complexity index is 1780. The van der Waals surface area contributed by atoms with Crippen LogP contribution in [0.1, 0.15) is 34.7 Å². The van der Waals surface area contributed by atoms with Gasteiger partial charge in [0, 0.05) is 5.56 Å². The maximum absolute atomic E-state index is 14.0. The van der Waals surface area contributed by atoms with Crippen LogP contribution in [0.5, 0.6) is 17.2 Å². The van der Waals surface area contributed by atoms with E-state index in [-0.39, 0.29) is 11.6 Å². The van der Waals surface area contributed by atoms with Crippen molar-refractivity contribution in [1.29, 1.82) is 0 Å². The lowest BCUT2D eigenvalue weighted by atomic mass is 9.83. The Balaban J connectivity index is 1.53. The Kier molecular flexibility index (Phi) is 6.67. The molecule has 0 N–H and O–H groups in total. The third kappa shape index (κ3) is 4.49. The molecule has 0 saturated heterocycles. The number of methoxy groups -OCH3 is 2. The van der Waals surface area contributed by atoms with Crippen LogP contribution in [0.2, 0.25) is 0 Å². The lowest BCUT2D eigenvalue weighted by Gasteiger charge is -2.31. The van der Waals surface area contributed by atoms with Crippen LogP contribution in [-0.4, -0.2) is 25.4 Å². The van der Waals surface area contributed by atoms with E-state index in [4.69, 9.17) is 19.2 Å². The first-order chi connectivity index (χ1) is 19.1. The van der Waals surface area contributed by atoms with Crippen molar-refractivity contribution in [2.45, 2.75) is 18.9 Å². The lowest BCUT2D eigenvalue weighted by Crippen LogP contribution is -2.38. The van der Waals surface area contributed by atoms with Crippen molar-refractivity contribution < 1.29 is 14.2 Å². The first-order valence-electron chi connectivity index (χ1n) is 12.8. The third-order valence-electron chi connectivity index (χ3n) is 7.14. The summed E-state index contributed by atoms with van der Waals surface area (Å²) < 4.78 is 19.2. The normalized spacial score (nSPS) is 16.1. The standard InChI is InChI=1S/C32H28N2O4S/c1-4-17-38-23-13-9-20(10-14-23)18-28-31(35)34-30(22-12-16-26(36-2)27(19-22)37-3)25-15-11-21-7-5-6-8-24(21)29(25)33-32(34)39-28/h4-10,12-14,16,18-19,30H,1,11,15,17H2,2-3H3. The summed E-state index contributed by atoms with van der Waals surface area (Å²) in [5.74, 6) is 2.04. The van der Waals surface area contributed by atoms with E-state index in [1.165, 1.54) is 16.9 Å². The number of aryl methyl sites for hydroxylation is 1. The molecular formula is C32H28N2O4S. The second-order valence-electron chi connectivity index (χ2n) is 9.40. The molecule has 6 rings (SSSR count). The van der Waals surface area contributed by atoms with Crippen LogP contribution in [0.15, 0.2) is 94.7 Å². The minimum atomic E-state index is -0.291. The number of hydrogen-bond donors (Lipinski definition) is 0. The van der Waals surface area contributed by atoms with Gasteiger partial charge in [0.25, 0.3) is 5.56 Å². The summed E-state index contributed by atoms with van der Waals surface area (Å²) in [7, 11) is 3.25. The van der Waals surface area contributed by atoms with E-state index in [1.807, 2.05) is 59.2 Å². The topological polar surface area (TPSA) is 62.0 Å². The van der Waals surface area contributed by atoms with Crippen LogP contribution >= 0.6 is 11.3 Å². The monoisotopic (exact) mass is 536 g/mol. The molecule has 0 saturated carbocycles. The largest absolute Gasteiger partial charge is 0.493 e. The van der Waals surface area contributed by atoms with Gasteiger partial charge in [-0.2, -0.15) is 0 Å². The second kappa shape index (κ2) is 10.4. The Morgan fingerprint density at radius 3 is 2.59 bits per heavy atom. The lowest BCUT2D eigenvalue weighted by molar-refractivity contribution is 0.354. The predicted octanol–water partition coefficient (Wildman–Crippen LogP) is 4.90. The highest BCUT2D eigenvalue weighted by Crippen LogP contribution is 2.42. The van der Waals surface area contributed by atoms with Crippen LogP contribution < -0.4 is 29.1 Å². The number of benzene rings is 3. The van der Waals surface area contributed by atoms with E-state index in [0.29, 0.717) is 27.4 Å². The molecule has 1 atom stereocenters. The number of thiazole rings is 1. The van der Waals surface area contributed by atoms with Crippen molar-refractivity contribution in [3.05, 3.63) is 127 Å². The van der Waals surface area contributed by atoms with E-state index in [0.717, 1.165) is 46.6 Å². The summed E-state index contributed by atoms with van der Waals surface area (Å²) >= 11 is 1.41. The van der Waals surface area contributed by atoms with Gasteiger partial charge in [-0.25, -0.2) is 4.99 Å². The first-order valence-corrected chi connectivity index (χ1v) is 13.6. The molecule has 196 valence electrons. The Morgan fingerprint density at radius 2 is 1.82 bits per heavy atom. The van der Waals surface area contributed by atoms with Crippen LogP contribution in [0.3, 0.4) is 0 Å². The molecule has 1 aromatic heterocycles. The molecule has 2 aliphatic rings. The van der Waals surface area contributed by atoms with E-state index < -0.39 is 0 Å². The number of hydrogen-bond acceptors (Lipinski definition) is 6. The van der Waals surface area contributed by atoms with Gasteiger partial charge in [0.1, 0.15) is 12.4 Å². The number of rotatable bonds is 7. The number of nitrogens with zero attached hydrogens (tertiary/aromatic N) is 2. The van der Waals surface area contributed by atoms with E-state index in [9.17, 15) is 4.79 Å². The molecule has 6 nitrogen and oxygen atoms in total. The zero-order valence-corrected chi connectivity index (χ0v) is 22.7. The minimum Gasteiger partial charge on any atom is -0.493 e. The average Bonchev–Trinajstić information content (AvgIpc) is 3.29. The minimum absolute atomic E-state index is 0.0593. The predicted molar refractivity (Wildman–Crippen MR) is 154 cm³/mol. The zero-order chi connectivity index (χ0) is 26.9. The molecule has 1 unspecified atom stereocenters.